The van der Waals surface area contributed by atoms with Crippen molar-refractivity contribution in [3.63, 3.8) is 0 Å². The lowest BCUT2D eigenvalue weighted by molar-refractivity contribution is 0.389. The molecule has 0 heterocycles. The molecule has 0 aliphatic heterocycles. The predicted molar refractivity (Wildman–Crippen MR) is 55.0 cm³/mol. The van der Waals surface area contributed by atoms with E-state index in [1.165, 1.54) is 0 Å². The van der Waals surface area contributed by atoms with Crippen LogP contribution in [0.4, 0.5) is 11.4 Å². The second-order valence-electron chi connectivity index (χ2n) is 2.31. The summed E-state index contributed by atoms with van der Waals surface area (Å²) < 4.78 is 0.818. The molecule has 0 bridgehead atoms. The maximum Gasteiger partial charge on any atom is 0.191 e. The normalized spacial score (nSPS) is 9.38. The average Bonchev–Trinajstić information content (AvgIpc) is 2.07. The number of nitrogens with one attached hydrogen (secondary N) is 1. The molecule has 0 unspecified atom stereocenters. The fraction of sp³-hybridized carbons (Fsp3) is 0. The van der Waals surface area contributed by atoms with Gasteiger partial charge in [-0.15, -0.1) is 0 Å². The van der Waals surface area contributed by atoms with Gasteiger partial charge in [-0.2, -0.15) is 0 Å². The summed E-state index contributed by atoms with van der Waals surface area (Å²) in [6, 6.07) is 5.09. The molecular weight excluding hydrogens is 236 g/mol. The van der Waals surface area contributed by atoms with E-state index in [2.05, 4.69) is 20.9 Å². The molecule has 13 heavy (non-hydrogen) atoms. The molecule has 5 nitrogen and oxygen atoms in total. The van der Waals surface area contributed by atoms with Crippen molar-refractivity contribution < 1.29 is 5.21 Å². The van der Waals surface area contributed by atoms with Gasteiger partial charge in [0, 0.05) is 4.47 Å². The number of aliphatic imine (C=N–C) groups is 1. The topological polar surface area (TPSA) is 96.7 Å². The summed E-state index contributed by atoms with van der Waals surface area (Å²) in [7, 11) is 0. The maximum absolute atomic E-state index is 8.73. The molecule has 1 aromatic rings. The van der Waals surface area contributed by atoms with Gasteiger partial charge in [0.15, 0.2) is 5.96 Å². The van der Waals surface area contributed by atoms with Gasteiger partial charge in [-0.05, 0) is 18.2 Å². The maximum atomic E-state index is 8.73. The number of hydrogen-bond donors (Lipinski definition) is 4. The van der Waals surface area contributed by atoms with Crippen LogP contribution in [0.25, 0.3) is 0 Å². The number of guanidine groups is 1. The Morgan fingerprint density at radius 1 is 1.46 bits per heavy atom. The molecule has 0 saturated heterocycles. The molecule has 0 saturated carbocycles. The van der Waals surface area contributed by atoms with Crippen molar-refractivity contribution >= 4 is 33.3 Å². The minimum absolute atomic E-state index is 0.0566. The van der Waals surface area contributed by atoms with Gasteiger partial charge in [-0.3, -0.25) is 10.7 Å². The van der Waals surface area contributed by atoms with E-state index in [1.54, 1.807) is 18.2 Å². The van der Waals surface area contributed by atoms with Crippen LogP contribution in [0.1, 0.15) is 0 Å². The summed E-state index contributed by atoms with van der Waals surface area (Å²) in [5.41, 5.74) is 13.3. The Hall–Kier alpha value is -1.27. The van der Waals surface area contributed by atoms with Gasteiger partial charge in [0.1, 0.15) is 0 Å². The van der Waals surface area contributed by atoms with E-state index in [0.29, 0.717) is 11.4 Å². The lowest BCUT2D eigenvalue weighted by atomic mass is 10.3. The first kappa shape index (κ1) is 9.82. The number of hydrogen-bond acceptors (Lipinski definition) is 3. The van der Waals surface area contributed by atoms with Crippen molar-refractivity contribution in [3.05, 3.63) is 22.7 Å². The number of nitrogens with zero attached hydrogens (tertiary/aromatic N) is 1. The van der Waals surface area contributed by atoms with E-state index in [9.17, 15) is 0 Å². The predicted octanol–water partition coefficient (Wildman–Crippen LogP) is 1.16. The quantitative estimate of drug-likeness (QED) is 0.357. The molecule has 0 spiro atoms. The van der Waals surface area contributed by atoms with E-state index in [1.807, 2.05) is 5.48 Å². The van der Waals surface area contributed by atoms with Gasteiger partial charge >= 0.3 is 0 Å². The highest BCUT2D eigenvalue weighted by atomic mass is 79.9. The van der Waals surface area contributed by atoms with Crippen LogP contribution in [0.3, 0.4) is 0 Å². The van der Waals surface area contributed by atoms with Crippen LogP contribution >= 0.6 is 15.9 Å². The van der Waals surface area contributed by atoms with E-state index < -0.39 is 0 Å². The third-order valence-corrected chi connectivity index (χ3v) is 1.82. The highest BCUT2D eigenvalue weighted by molar-refractivity contribution is 9.10. The molecule has 1 rings (SSSR count). The van der Waals surface area contributed by atoms with Gasteiger partial charge in [0.05, 0.1) is 11.4 Å². The molecule has 70 valence electrons. The van der Waals surface area contributed by atoms with Crippen molar-refractivity contribution in [2.45, 2.75) is 0 Å². The van der Waals surface area contributed by atoms with Gasteiger partial charge in [0.2, 0.25) is 0 Å². The van der Waals surface area contributed by atoms with Crippen molar-refractivity contribution in [2.75, 3.05) is 5.48 Å². The van der Waals surface area contributed by atoms with Crippen molar-refractivity contribution in [3.8, 4) is 0 Å². The molecule has 6 heteroatoms. The van der Waals surface area contributed by atoms with Crippen LogP contribution in [-0.4, -0.2) is 11.2 Å². The second-order valence-corrected chi connectivity index (χ2v) is 3.23. The van der Waals surface area contributed by atoms with Crippen LogP contribution in [-0.2, 0) is 0 Å². The zero-order valence-electron chi connectivity index (χ0n) is 6.66. The van der Waals surface area contributed by atoms with E-state index >= 15 is 0 Å². The largest absolute Gasteiger partial charge is 0.370 e. The lowest BCUT2D eigenvalue weighted by Crippen LogP contribution is -2.22. The zero-order valence-corrected chi connectivity index (χ0v) is 8.25. The SMILES string of the molecule is NC(N)=Nc1ccc(Br)cc1NO. The van der Waals surface area contributed by atoms with Crippen molar-refractivity contribution in [1.82, 2.24) is 0 Å². The number of rotatable bonds is 2. The molecule has 0 aromatic heterocycles. The van der Waals surface area contributed by atoms with Crippen LogP contribution in [0.5, 0.6) is 0 Å². The molecule has 1 aromatic carbocycles. The molecule has 6 N–H and O–H groups in total. The first-order chi connectivity index (χ1) is 6.13. The summed E-state index contributed by atoms with van der Waals surface area (Å²) in [5, 5.41) is 8.73. The Labute approximate surface area is 83.5 Å². The number of nitrogens with two attached hydrogens (primary N) is 2. The highest BCUT2D eigenvalue weighted by Crippen LogP contribution is 2.27. The third-order valence-electron chi connectivity index (χ3n) is 1.33. The van der Waals surface area contributed by atoms with Crippen molar-refractivity contribution in [2.24, 2.45) is 16.5 Å². The standard InChI is InChI=1S/C7H9BrN4O/c8-4-1-2-5(11-7(9)10)6(3-4)12-13/h1-3,12-13H,(H4,9,10,11). The minimum Gasteiger partial charge on any atom is -0.370 e. The summed E-state index contributed by atoms with van der Waals surface area (Å²) >= 11 is 3.24. The molecule has 0 aliphatic rings. The van der Waals surface area contributed by atoms with Crippen LogP contribution in [0.2, 0.25) is 0 Å². The molecule has 0 aliphatic carbocycles. The average molecular weight is 245 g/mol. The summed E-state index contributed by atoms with van der Waals surface area (Å²) in [5.74, 6) is -0.0566. The van der Waals surface area contributed by atoms with Crippen molar-refractivity contribution in [1.29, 1.82) is 0 Å². The highest BCUT2D eigenvalue weighted by Gasteiger charge is 2.00. The smallest absolute Gasteiger partial charge is 0.191 e. The fourth-order valence-corrected chi connectivity index (χ4v) is 1.20. The Balaban J connectivity index is 3.14. The van der Waals surface area contributed by atoms with Crippen LogP contribution < -0.4 is 16.9 Å². The third kappa shape index (κ3) is 2.60. The second kappa shape index (κ2) is 4.11. The van der Waals surface area contributed by atoms with Gasteiger partial charge < -0.3 is 11.5 Å². The Morgan fingerprint density at radius 2 is 2.15 bits per heavy atom. The minimum atomic E-state index is -0.0566. The monoisotopic (exact) mass is 244 g/mol. The Kier molecular flexibility index (Phi) is 3.10. The fourth-order valence-electron chi connectivity index (χ4n) is 0.834. The molecular formula is C7H9BrN4O. The first-order valence-electron chi connectivity index (χ1n) is 3.43. The van der Waals surface area contributed by atoms with Crippen LogP contribution in [0, 0.1) is 0 Å². The van der Waals surface area contributed by atoms with Gasteiger partial charge in [0.25, 0.3) is 0 Å². The lowest BCUT2D eigenvalue weighted by Gasteiger charge is -2.03. The van der Waals surface area contributed by atoms with Gasteiger partial charge in [-0.1, -0.05) is 15.9 Å². The van der Waals surface area contributed by atoms with E-state index in [-0.39, 0.29) is 5.96 Å². The molecule has 0 radical (unpaired) electrons. The van der Waals surface area contributed by atoms with E-state index in [0.717, 1.165) is 4.47 Å². The summed E-state index contributed by atoms with van der Waals surface area (Å²) in [6.45, 7) is 0. The summed E-state index contributed by atoms with van der Waals surface area (Å²) in [4.78, 5) is 3.80. The number of halogens is 1. The Morgan fingerprint density at radius 3 is 2.69 bits per heavy atom. The number of benzene rings is 1. The van der Waals surface area contributed by atoms with Gasteiger partial charge in [-0.25, -0.2) is 4.99 Å². The molecule has 0 atom stereocenters. The molecule has 0 fully saturated rings. The number of anilines is 1. The van der Waals surface area contributed by atoms with Crippen LogP contribution in [0.15, 0.2) is 27.7 Å². The summed E-state index contributed by atoms with van der Waals surface area (Å²) in [6.07, 6.45) is 0. The Bertz CT molecular complexity index is 335. The molecule has 0 amide bonds. The van der Waals surface area contributed by atoms with E-state index in [4.69, 9.17) is 16.7 Å². The first-order valence-corrected chi connectivity index (χ1v) is 4.22. The zero-order chi connectivity index (χ0) is 9.84.